The van der Waals surface area contributed by atoms with Crippen molar-refractivity contribution in [2.24, 2.45) is 0 Å². The first kappa shape index (κ1) is 18.4. The molecule has 1 N–H and O–H groups in total. The van der Waals surface area contributed by atoms with Gasteiger partial charge in [-0.15, -0.1) is 0 Å². The van der Waals surface area contributed by atoms with Gasteiger partial charge in [-0.05, 0) is 54.1 Å². The molecule has 5 rings (SSSR count). The summed E-state index contributed by atoms with van der Waals surface area (Å²) in [7, 11) is 0. The Morgan fingerprint density at radius 3 is 2.55 bits per heavy atom. The SMILES string of the molecule is Fc1ccc2cnccc2c1CN[C@@H]1CC[C@H]1Oc1ccc([C@H]2CC2(F)F)cc1. The van der Waals surface area contributed by atoms with E-state index in [4.69, 9.17) is 4.74 Å². The Morgan fingerprint density at radius 2 is 1.86 bits per heavy atom. The van der Waals surface area contributed by atoms with E-state index in [1.54, 1.807) is 42.7 Å². The molecule has 2 fully saturated rings. The molecule has 2 aliphatic carbocycles. The van der Waals surface area contributed by atoms with Crippen LogP contribution in [0.3, 0.4) is 0 Å². The van der Waals surface area contributed by atoms with Gasteiger partial charge in [-0.25, -0.2) is 13.2 Å². The van der Waals surface area contributed by atoms with Crippen molar-refractivity contribution in [2.45, 2.75) is 49.8 Å². The molecule has 29 heavy (non-hydrogen) atoms. The summed E-state index contributed by atoms with van der Waals surface area (Å²) in [5, 5.41) is 5.17. The summed E-state index contributed by atoms with van der Waals surface area (Å²) in [6.07, 6.45) is 5.18. The molecule has 150 valence electrons. The minimum absolute atomic E-state index is 0.0112. The number of rotatable bonds is 6. The molecule has 0 unspecified atom stereocenters. The van der Waals surface area contributed by atoms with Crippen molar-refractivity contribution in [1.82, 2.24) is 10.3 Å². The number of fused-ring (bicyclic) bond motifs is 1. The molecule has 6 heteroatoms. The third-order valence-electron chi connectivity index (χ3n) is 6.02. The number of alkyl halides is 2. The van der Waals surface area contributed by atoms with Gasteiger partial charge < -0.3 is 10.1 Å². The average molecular weight is 398 g/mol. The largest absolute Gasteiger partial charge is 0.489 e. The van der Waals surface area contributed by atoms with Crippen molar-refractivity contribution < 1.29 is 17.9 Å². The smallest absolute Gasteiger partial charge is 0.255 e. The molecule has 0 spiro atoms. The maximum absolute atomic E-state index is 14.4. The number of ether oxygens (including phenoxy) is 1. The normalized spacial score (nSPS) is 24.9. The Hall–Kier alpha value is -2.60. The van der Waals surface area contributed by atoms with E-state index in [1.807, 2.05) is 6.07 Å². The van der Waals surface area contributed by atoms with Crippen LogP contribution in [0.1, 0.15) is 36.3 Å². The number of hydrogen-bond acceptors (Lipinski definition) is 3. The zero-order valence-corrected chi connectivity index (χ0v) is 15.7. The zero-order chi connectivity index (χ0) is 20.0. The maximum Gasteiger partial charge on any atom is 0.255 e. The molecule has 0 aliphatic heterocycles. The van der Waals surface area contributed by atoms with Crippen LogP contribution in [0.5, 0.6) is 5.75 Å². The molecular weight excluding hydrogens is 377 g/mol. The number of halogens is 3. The summed E-state index contributed by atoms with van der Waals surface area (Å²) < 4.78 is 46.8. The van der Waals surface area contributed by atoms with E-state index >= 15 is 0 Å². The van der Waals surface area contributed by atoms with Crippen LogP contribution < -0.4 is 10.1 Å². The van der Waals surface area contributed by atoms with Crippen LogP contribution in [0.4, 0.5) is 13.2 Å². The van der Waals surface area contributed by atoms with Crippen molar-refractivity contribution in [2.75, 3.05) is 0 Å². The van der Waals surface area contributed by atoms with E-state index in [1.165, 1.54) is 6.07 Å². The number of aromatic nitrogens is 1. The minimum atomic E-state index is -2.56. The molecular formula is C23H21F3N2O. The van der Waals surface area contributed by atoms with Gasteiger partial charge in [-0.3, -0.25) is 4.98 Å². The summed E-state index contributed by atoms with van der Waals surface area (Å²) in [5.41, 5.74) is 1.29. The third kappa shape index (κ3) is 3.57. The van der Waals surface area contributed by atoms with Gasteiger partial charge in [0.15, 0.2) is 0 Å². The van der Waals surface area contributed by atoms with Crippen molar-refractivity contribution in [1.29, 1.82) is 0 Å². The lowest BCUT2D eigenvalue weighted by atomic mass is 9.88. The van der Waals surface area contributed by atoms with E-state index < -0.39 is 11.8 Å². The van der Waals surface area contributed by atoms with Crippen LogP contribution >= 0.6 is 0 Å². The number of nitrogens with zero attached hydrogens (tertiary/aromatic N) is 1. The summed E-state index contributed by atoms with van der Waals surface area (Å²) >= 11 is 0. The number of pyridine rings is 1. The molecule has 3 atom stereocenters. The quantitative estimate of drug-likeness (QED) is 0.620. The molecule has 0 bridgehead atoms. The van der Waals surface area contributed by atoms with Crippen LogP contribution in [-0.4, -0.2) is 23.1 Å². The lowest BCUT2D eigenvalue weighted by molar-refractivity contribution is 0.0716. The van der Waals surface area contributed by atoms with Crippen molar-refractivity contribution in [3.8, 4) is 5.75 Å². The van der Waals surface area contributed by atoms with Gasteiger partial charge in [0, 0.05) is 42.4 Å². The van der Waals surface area contributed by atoms with Crippen LogP contribution in [0.2, 0.25) is 0 Å². The molecule has 0 amide bonds. The lowest BCUT2D eigenvalue weighted by Gasteiger charge is -2.37. The van der Waals surface area contributed by atoms with Crippen molar-refractivity contribution in [3.63, 3.8) is 0 Å². The molecule has 1 aromatic heterocycles. The van der Waals surface area contributed by atoms with E-state index in [9.17, 15) is 13.2 Å². The molecule has 2 aliphatic rings. The molecule has 1 heterocycles. The van der Waals surface area contributed by atoms with Gasteiger partial charge in [0.2, 0.25) is 0 Å². The first-order chi connectivity index (χ1) is 14.0. The Balaban J connectivity index is 1.21. The van der Waals surface area contributed by atoms with Crippen LogP contribution in [0.15, 0.2) is 54.9 Å². The predicted octanol–water partition coefficient (Wildman–Crippen LogP) is 5.20. The topological polar surface area (TPSA) is 34.2 Å². The summed E-state index contributed by atoms with van der Waals surface area (Å²) in [6, 6.07) is 12.1. The van der Waals surface area contributed by atoms with Gasteiger partial charge >= 0.3 is 0 Å². The zero-order valence-electron chi connectivity index (χ0n) is 15.7. The third-order valence-corrected chi connectivity index (χ3v) is 6.02. The van der Waals surface area contributed by atoms with Gasteiger partial charge in [0.05, 0.1) is 5.92 Å². The van der Waals surface area contributed by atoms with E-state index in [-0.39, 0.29) is 24.4 Å². The molecule has 2 aromatic carbocycles. The molecule has 2 saturated carbocycles. The Bertz CT molecular complexity index is 1040. The molecule has 3 nitrogen and oxygen atoms in total. The Kier molecular flexibility index (Phi) is 4.46. The first-order valence-electron chi connectivity index (χ1n) is 9.90. The molecule has 3 aromatic rings. The predicted molar refractivity (Wildman–Crippen MR) is 105 cm³/mol. The van der Waals surface area contributed by atoms with Crippen LogP contribution in [-0.2, 0) is 6.54 Å². The van der Waals surface area contributed by atoms with Crippen molar-refractivity contribution >= 4 is 10.8 Å². The maximum atomic E-state index is 14.4. The fourth-order valence-electron chi connectivity index (χ4n) is 3.99. The van der Waals surface area contributed by atoms with E-state index in [2.05, 4.69) is 10.3 Å². The summed E-state index contributed by atoms with van der Waals surface area (Å²) in [5.74, 6) is -2.77. The second kappa shape index (κ2) is 7.02. The molecule has 0 saturated heterocycles. The second-order valence-corrected chi connectivity index (χ2v) is 7.93. The summed E-state index contributed by atoms with van der Waals surface area (Å²) in [4.78, 5) is 4.09. The fourth-order valence-corrected chi connectivity index (χ4v) is 3.99. The number of benzene rings is 2. The van der Waals surface area contributed by atoms with Gasteiger partial charge in [0.25, 0.3) is 5.92 Å². The van der Waals surface area contributed by atoms with Gasteiger partial charge in [0.1, 0.15) is 17.7 Å². The van der Waals surface area contributed by atoms with Gasteiger partial charge in [-0.2, -0.15) is 0 Å². The Morgan fingerprint density at radius 1 is 1.07 bits per heavy atom. The van der Waals surface area contributed by atoms with Gasteiger partial charge in [-0.1, -0.05) is 12.1 Å². The van der Waals surface area contributed by atoms with E-state index in [0.717, 1.165) is 23.6 Å². The highest BCUT2D eigenvalue weighted by Gasteiger charge is 2.57. The highest BCUT2D eigenvalue weighted by Crippen LogP contribution is 2.55. The second-order valence-electron chi connectivity index (χ2n) is 7.93. The number of hydrogen-bond donors (Lipinski definition) is 1. The van der Waals surface area contributed by atoms with E-state index in [0.29, 0.717) is 23.4 Å². The van der Waals surface area contributed by atoms with Crippen molar-refractivity contribution in [3.05, 3.63) is 71.8 Å². The minimum Gasteiger partial charge on any atom is -0.489 e. The fraction of sp³-hybridized carbons (Fsp3) is 0.348. The monoisotopic (exact) mass is 398 g/mol. The highest BCUT2D eigenvalue weighted by molar-refractivity contribution is 5.84. The molecule has 0 radical (unpaired) electrons. The standard InChI is InChI=1S/C23H21F3N2O/c24-20-6-3-15-12-27-10-9-17(15)18(20)13-28-21-7-8-22(21)29-16-4-1-14(2-5-16)19-11-23(19,25)26/h1-6,9-10,12,19,21-22,28H,7-8,11,13H2/t19-,21-,22-/m1/s1. The highest BCUT2D eigenvalue weighted by atomic mass is 19.3. The lowest BCUT2D eigenvalue weighted by Crippen LogP contribution is -2.50. The Labute approximate surface area is 166 Å². The van der Waals surface area contributed by atoms with Crippen LogP contribution in [0.25, 0.3) is 10.8 Å². The number of nitrogens with one attached hydrogen (secondary N) is 1. The first-order valence-corrected chi connectivity index (χ1v) is 9.90. The summed E-state index contributed by atoms with van der Waals surface area (Å²) in [6.45, 7) is 0.410. The van der Waals surface area contributed by atoms with Crippen LogP contribution in [0, 0.1) is 5.82 Å². The average Bonchev–Trinajstić information content (AvgIpc) is 3.35.